The summed E-state index contributed by atoms with van der Waals surface area (Å²) < 4.78 is 5.40. The topological polar surface area (TPSA) is 75.9 Å². The van der Waals surface area contributed by atoms with Crippen LogP contribution in [0.1, 0.15) is 23.8 Å². The lowest BCUT2D eigenvalue weighted by molar-refractivity contribution is 0.359. The van der Waals surface area contributed by atoms with Gasteiger partial charge >= 0.3 is 0 Å². The third-order valence-electron chi connectivity index (χ3n) is 4.20. The van der Waals surface area contributed by atoms with Crippen molar-refractivity contribution in [2.75, 3.05) is 18.4 Å². The number of aryl methyl sites for hydroxylation is 1. The number of hydrogen-bond donors (Lipinski definition) is 2. The molecule has 122 valence electrons. The highest BCUT2D eigenvalue weighted by Crippen LogP contribution is 2.24. The molecule has 4 rings (SSSR count). The lowest BCUT2D eigenvalue weighted by Gasteiger charge is -2.06. The van der Waals surface area contributed by atoms with Crippen LogP contribution in [0.25, 0.3) is 11.4 Å². The molecule has 3 heterocycles. The quantitative estimate of drug-likeness (QED) is 0.768. The Labute approximate surface area is 140 Å². The van der Waals surface area contributed by atoms with Crippen LogP contribution >= 0.6 is 0 Å². The molecule has 1 aliphatic rings. The van der Waals surface area contributed by atoms with Crippen molar-refractivity contribution in [3.63, 3.8) is 0 Å². The van der Waals surface area contributed by atoms with Crippen LogP contribution in [0.3, 0.4) is 0 Å². The van der Waals surface area contributed by atoms with E-state index in [0.29, 0.717) is 17.6 Å². The van der Waals surface area contributed by atoms with Crippen LogP contribution in [0.5, 0.6) is 0 Å². The van der Waals surface area contributed by atoms with Gasteiger partial charge < -0.3 is 15.2 Å². The van der Waals surface area contributed by atoms with E-state index in [4.69, 9.17) is 4.52 Å². The molecule has 0 radical (unpaired) electrons. The second-order valence-corrected chi connectivity index (χ2v) is 6.07. The van der Waals surface area contributed by atoms with E-state index in [-0.39, 0.29) is 0 Å². The number of pyridine rings is 1. The zero-order chi connectivity index (χ0) is 16.4. The fourth-order valence-electron chi connectivity index (χ4n) is 2.77. The van der Waals surface area contributed by atoms with Crippen LogP contribution in [0, 0.1) is 6.92 Å². The summed E-state index contributed by atoms with van der Waals surface area (Å²) in [7, 11) is 0. The first kappa shape index (κ1) is 14.8. The van der Waals surface area contributed by atoms with Crippen molar-refractivity contribution < 1.29 is 4.52 Å². The minimum Gasteiger partial charge on any atom is -0.340 e. The van der Waals surface area contributed by atoms with Crippen LogP contribution in [0.2, 0.25) is 0 Å². The monoisotopic (exact) mass is 321 g/mol. The van der Waals surface area contributed by atoms with Crippen molar-refractivity contribution in [3.05, 3.63) is 54.0 Å². The van der Waals surface area contributed by atoms with Crippen molar-refractivity contribution in [2.24, 2.45) is 0 Å². The first-order chi connectivity index (χ1) is 11.8. The van der Waals surface area contributed by atoms with E-state index in [1.807, 2.05) is 24.3 Å². The molecule has 6 nitrogen and oxygen atoms in total. The highest BCUT2D eigenvalue weighted by Gasteiger charge is 2.23. The Morgan fingerprint density at radius 1 is 1.17 bits per heavy atom. The van der Waals surface area contributed by atoms with Crippen molar-refractivity contribution in [3.8, 4) is 11.4 Å². The maximum Gasteiger partial charge on any atom is 0.231 e. The SMILES string of the molecule is Cc1ccc(Nc2ccc(-c3noc([C@@H]4CCNC4)n3)cn2)cc1. The van der Waals surface area contributed by atoms with Crippen molar-refractivity contribution in [2.45, 2.75) is 19.3 Å². The Bertz CT molecular complexity index is 804. The first-order valence-electron chi connectivity index (χ1n) is 8.12. The molecule has 1 aromatic carbocycles. The van der Waals surface area contributed by atoms with Gasteiger partial charge in [-0.3, -0.25) is 0 Å². The molecular formula is C18H19N5O. The van der Waals surface area contributed by atoms with E-state index < -0.39 is 0 Å². The molecule has 2 aromatic heterocycles. The van der Waals surface area contributed by atoms with E-state index >= 15 is 0 Å². The Kier molecular flexibility index (Phi) is 3.96. The predicted octanol–water partition coefficient (Wildman–Crippen LogP) is 3.26. The average Bonchev–Trinajstić information content (AvgIpc) is 3.29. The first-order valence-corrected chi connectivity index (χ1v) is 8.12. The summed E-state index contributed by atoms with van der Waals surface area (Å²) in [6.45, 7) is 3.97. The number of hydrogen-bond acceptors (Lipinski definition) is 6. The third kappa shape index (κ3) is 3.14. The molecule has 2 N–H and O–H groups in total. The van der Waals surface area contributed by atoms with Gasteiger partial charge in [0.1, 0.15) is 5.82 Å². The van der Waals surface area contributed by atoms with Gasteiger partial charge in [-0.25, -0.2) is 4.98 Å². The minimum absolute atomic E-state index is 0.321. The fourth-order valence-corrected chi connectivity index (χ4v) is 2.77. The third-order valence-corrected chi connectivity index (χ3v) is 4.20. The molecule has 0 amide bonds. The zero-order valence-electron chi connectivity index (χ0n) is 13.5. The molecular weight excluding hydrogens is 302 g/mol. The summed E-state index contributed by atoms with van der Waals surface area (Å²) in [5.41, 5.74) is 3.09. The van der Waals surface area contributed by atoms with Crippen LogP contribution in [-0.4, -0.2) is 28.2 Å². The van der Waals surface area contributed by atoms with Gasteiger partial charge in [-0.2, -0.15) is 4.98 Å². The summed E-state index contributed by atoms with van der Waals surface area (Å²) in [6.07, 6.45) is 2.80. The highest BCUT2D eigenvalue weighted by atomic mass is 16.5. The van der Waals surface area contributed by atoms with Crippen molar-refractivity contribution in [1.29, 1.82) is 0 Å². The predicted molar refractivity (Wildman–Crippen MR) is 92.2 cm³/mol. The number of rotatable bonds is 4. The van der Waals surface area contributed by atoms with Gasteiger partial charge in [0, 0.05) is 24.0 Å². The van der Waals surface area contributed by atoms with Gasteiger partial charge in [0.15, 0.2) is 0 Å². The molecule has 0 bridgehead atoms. The van der Waals surface area contributed by atoms with E-state index in [0.717, 1.165) is 36.6 Å². The lowest BCUT2D eigenvalue weighted by Crippen LogP contribution is -2.08. The second kappa shape index (κ2) is 6.41. The summed E-state index contributed by atoms with van der Waals surface area (Å²) in [5, 5.41) is 10.7. The van der Waals surface area contributed by atoms with Crippen molar-refractivity contribution >= 4 is 11.5 Å². The van der Waals surface area contributed by atoms with Crippen LogP contribution in [-0.2, 0) is 0 Å². The number of benzene rings is 1. The van der Waals surface area contributed by atoms with Crippen LogP contribution in [0.4, 0.5) is 11.5 Å². The smallest absolute Gasteiger partial charge is 0.231 e. The number of anilines is 2. The molecule has 0 spiro atoms. The zero-order valence-corrected chi connectivity index (χ0v) is 13.5. The van der Waals surface area contributed by atoms with E-state index in [1.54, 1.807) is 6.20 Å². The molecule has 6 heteroatoms. The van der Waals surface area contributed by atoms with Gasteiger partial charge in [0.05, 0.1) is 5.92 Å². The Hall–Kier alpha value is -2.73. The minimum atomic E-state index is 0.321. The normalized spacial score (nSPS) is 17.1. The van der Waals surface area contributed by atoms with Gasteiger partial charge in [-0.05, 0) is 44.2 Å². The Morgan fingerprint density at radius 3 is 2.75 bits per heavy atom. The average molecular weight is 321 g/mol. The molecule has 0 saturated carbocycles. The van der Waals surface area contributed by atoms with Crippen LogP contribution < -0.4 is 10.6 Å². The summed E-state index contributed by atoms with van der Waals surface area (Å²) in [4.78, 5) is 8.94. The van der Waals surface area contributed by atoms with Crippen LogP contribution in [0.15, 0.2) is 47.1 Å². The molecule has 24 heavy (non-hydrogen) atoms. The second-order valence-electron chi connectivity index (χ2n) is 6.07. The largest absolute Gasteiger partial charge is 0.340 e. The molecule has 1 saturated heterocycles. The maximum absolute atomic E-state index is 5.40. The van der Waals surface area contributed by atoms with Gasteiger partial charge in [-0.1, -0.05) is 22.9 Å². The molecule has 1 aliphatic heterocycles. The van der Waals surface area contributed by atoms with E-state index in [2.05, 4.69) is 44.8 Å². The number of nitrogens with zero attached hydrogens (tertiary/aromatic N) is 3. The Morgan fingerprint density at radius 2 is 2.04 bits per heavy atom. The lowest BCUT2D eigenvalue weighted by atomic mass is 10.1. The van der Waals surface area contributed by atoms with Gasteiger partial charge in [0.25, 0.3) is 0 Å². The summed E-state index contributed by atoms with van der Waals surface area (Å²) >= 11 is 0. The van der Waals surface area contributed by atoms with E-state index in [1.165, 1.54) is 5.56 Å². The molecule has 1 atom stereocenters. The maximum atomic E-state index is 5.40. The number of aromatic nitrogens is 3. The standard InChI is InChI=1S/C18H19N5O/c1-12-2-5-15(6-3-12)21-16-7-4-13(11-20-16)17-22-18(24-23-17)14-8-9-19-10-14/h2-7,11,14,19H,8-10H2,1H3,(H,20,21)/t14-/m1/s1. The summed E-state index contributed by atoms with van der Waals surface area (Å²) in [6, 6.07) is 12.1. The molecule has 1 fully saturated rings. The number of nitrogens with one attached hydrogen (secondary N) is 2. The Balaban J connectivity index is 1.48. The van der Waals surface area contributed by atoms with Gasteiger partial charge in [-0.15, -0.1) is 0 Å². The molecule has 3 aromatic rings. The van der Waals surface area contributed by atoms with E-state index in [9.17, 15) is 0 Å². The highest BCUT2D eigenvalue weighted by molar-refractivity contribution is 5.60. The molecule has 0 aliphatic carbocycles. The summed E-state index contributed by atoms with van der Waals surface area (Å²) in [5.74, 6) is 2.40. The van der Waals surface area contributed by atoms with Gasteiger partial charge in [0.2, 0.25) is 11.7 Å². The fraction of sp³-hybridized carbons (Fsp3) is 0.278. The van der Waals surface area contributed by atoms with Crippen molar-refractivity contribution in [1.82, 2.24) is 20.4 Å². The molecule has 0 unspecified atom stereocenters.